The average Bonchev–Trinajstić information content (AvgIpc) is 2.38. The van der Waals surface area contributed by atoms with Gasteiger partial charge in [0.25, 0.3) is 0 Å². The Kier molecular flexibility index (Phi) is 4.97. The number of hydrogen-bond acceptors (Lipinski definition) is 1. The van der Waals surface area contributed by atoms with Crippen LogP contribution in [-0.2, 0) is 6.42 Å². The first-order valence-electron chi connectivity index (χ1n) is 6.85. The smallest absolute Gasteiger partial charge is 0.391 e. The van der Waals surface area contributed by atoms with Gasteiger partial charge in [-0.1, -0.05) is 30.2 Å². The standard InChI is InChI=1S/C15H18ClF3O/c16-13-6-1-3-10(7-13)8-14(20)11-4-2-5-12(9-11)15(17,18)19/h1,3,6-7,11-12,14,20H,2,4-5,8-9H2. The third-order valence-corrected chi connectivity index (χ3v) is 4.29. The molecule has 1 nitrogen and oxygen atoms in total. The molecule has 1 fully saturated rings. The molecular weight excluding hydrogens is 289 g/mol. The summed E-state index contributed by atoms with van der Waals surface area (Å²) >= 11 is 5.87. The molecule has 0 bridgehead atoms. The summed E-state index contributed by atoms with van der Waals surface area (Å²) < 4.78 is 38.3. The maximum atomic E-state index is 12.8. The lowest BCUT2D eigenvalue weighted by molar-refractivity contribution is -0.188. The molecule has 1 aromatic rings. The van der Waals surface area contributed by atoms with Gasteiger partial charge in [-0.15, -0.1) is 0 Å². The van der Waals surface area contributed by atoms with Gasteiger partial charge in [0.15, 0.2) is 0 Å². The molecule has 0 amide bonds. The van der Waals surface area contributed by atoms with E-state index in [0.29, 0.717) is 24.3 Å². The zero-order valence-corrected chi connectivity index (χ0v) is 11.8. The molecule has 0 saturated heterocycles. The highest BCUT2D eigenvalue weighted by molar-refractivity contribution is 6.30. The first kappa shape index (κ1) is 15.6. The molecule has 3 unspecified atom stereocenters. The van der Waals surface area contributed by atoms with Gasteiger partial charge in [-0.25, -0.2) is 0 Å². The van der Waals surface area contributed by atoms with E-state index in [2.05, 4.69) is 0 Å². The second-order valence-corrected chi connectivity index (χ2v) is 6.00. The molecule has 1 N–H and O–H groups in total. The van der Waals surface area contributed by atoms with Crippen LogP contribution >= 0.6 is 11.6 Å². The molecule has 5 heteroatoms. The normalized spacial score (nSPS) is 25.4. The van der Waals surface area contributed by atoms with Gasteiger partial charge >= 0.3 is 6.18 Å². The van der Waals surface area contributed by atoms with Gasteiger partial charge in [-0.2, -0.15) is 13.2 Å². The minimum Gasteiger partial charge on any atom is -0.392 e. The Bertz CT molecular complexity index is 447. The van der Waals surface area contributed by atoms with Gasteiger partial charge in [0.05, 0.1) is 12.0 Å². The van der Waals surface area contributed by atoms with Crippen molar-refractivity contribution in [3.05, 3.63) is 34.9 Å². The maximum absolute atomic E-state index is 12.8. The largest absolute Gasteiger partial charge is 0.392 e. The van der Waals surface area contributed by atoms with Gasteiger partial charge in [0.2, 0.25) is 0 Å². The summed E-state index contributed by atoms with van der Waals surface area (Å²) in [5.74, 6) is -1.55. The van der Waals surface area contributed by atoms with Crippen LogP contribution < -0.4 is 0 Å². The third kappa shape index (κ3) is 4.13. The van der Waals surface area contributed by atoms with Gasteiger partial charge in [0, 0.05) is 5.02 Å². The molecule has 0 aliphatic heterocycles. The number of benzene rings is 1. The Morgan fingerprint density at radius 2 is 2.05 bits per heavy atom. The molecule has 112 valence electrons. The number of aliphatic hydroxyl groups is 1. The van der Waals surface area contributed by atoms with Gasteiger partial charge in [-0.3, -0.25) is 0 Å². The molecule has 0 radical (unpaired) electrons. The summed E-state index contributed by atoms with van der Waals surface area (Å²) in [4.78, 5) is 0. The van der Waals surface area contributed by atoms with E-state index in [1.165, 1.54) is 0 Å². The fourth-order valence-corrected chi connectivity index (χ4v) is 3.16. The lowest BCUT2D eigenvalue weighted by Gasteiger charge is -2.33. The number of aliphatic hydroxyl groups excluding tert-OH is 1. The summed E-state index contributed by atoms with van der Waals surface area (Å²) in [6.45, 7) is 0. The summed E-state index contributed by atoms with van der Waals surface area (Å²) in [7, 11) is 0. The third-order valence-electron chi connectivity index (χ3n) is 4.06. The van der Waals surface area contributed by atoms with Crippen molar-refractivity contribution in [1.82, 2.24) is 0 Å². The molecule has 0 heterocycles. The van der Waals surface area contributed by atoms with E-state index in [9.17, 15) is 18.3 Å². The molecule has 20 heavy (non-hydrogen) atoms. The van der Waals surface area contributed by atoms with E-state index < -0.39 is 18.2 Å². The molecular formula is C15H18ClF3O. The first-order chi connectivity index (χ1) is 9.36. The lowest BCUT2D eigenvalue weighted by atomic mass is 9.77. The van der Waals surface area contributed by atoms with Crippen LogP contribution in [0.25, 0.3) is 0 Å². The van der Waals surface area contributed by atoms with Crippen LogP contribution in [0.5, 0.6) is 0 Å². The molecule has 1 aromatic carbocycles. The molecule has 1 aliphatic rings. The summed E-state index contributed by atoms with van der Waals surface area (Å²) in [5, 5.41) is 10.8. The van der Waals surface area contributed by atoms with Crippen molar-refractivity contribution in [2.45, 2.75) is 44.4 Å². The van der Waals surface area contributed by atoms with E-state index in [1.54, 1.807) is 18.2 Å². The summed E-state index contributed by atoms with van der Waals surface area (Å²) in [5.41, 5.74) is 0.860. The molecule has 0 aromatic heterocycles. The number of halogens is 4. The predicted octanol–water partition coefficient (Wildman–Crippen LogP) is 4.61. The van der Waals surface area contributed by atoms with Gasteiger partial charge < -0.3 is 5.11 Å². The number of rotatable bonds is 3. The fourth-order valence-electron chi connectivity index (χ4n) is 2.95. The Hall–Kier alpha value is -0.740. The molecule has 1 saturated carbocycles. The molecule has 3 atom stereocenters. The van der Waals surface area contributed by atoms with Crippen molar-refractivity contribution in [2.24, 2.45) is 11.8 Å². The van der Waals surface area contributed by atoms with Crippen molar-refractivity contribution in [1.29, 1.82) is 0 Å². The molecule has 1 aliphatic carbocycles. The summed E-state index contributed by atoms with van der Waals surface area (Å²) in [6, 6.07) is 7.09. The monoisotopic (exact) mass is 306 g/mol. The van der Waals surface area contributed by atoms with E-state index in [0.717, 1.165) is 5.56 Å². The SMILES string of the molecule is OC(Cc1cccc(Cl)c1)C1CCCC(C(F)(F)F)C1. The number of alkyl halides is 3. The second-order valence-electron chi connectivity index (χ2n) is 5.57. The van der Waals surface area contributed by atoms with Crippen LogP contribution in [0.4, 0.5) is 13.2 Å². The fraction of sp³-hybridized carbons (Fsp3) is 0.600. The van der Waals surface area contributed by atoms with Crippen LogP contribution in [0.3, 0.4) is 0 Å². The first-order valence-corrected chi connectivity index (χ1v) is 7.23. The van der Waals surface area contributed by atoms with Crippen molar-refractivity contribution in [2.75, 3.05) is 0 Å². The van der Waals surface area contributed by atoms with Crippen LogP contribution in [0.15, 0.2) is 24.3 Å². The van der Waals surface area contributed by atoms with E-state index in [-0.39, 0.29) is 18.8 Å². The topological polar surface area (TPSA) is 20.2 Å². The zero-order valence-electron chi connectivity index (χ0n) is 11.0. The number of hydrogen-bond donors (Lipinski definition) is 1. The van der Waals surface area contributed by atoms with Crippen molar-refractivity contribution >= 4 is 11.6 Å². The zero-order chi connectivity index (χ0) is 14.8. The van der Waals surface area contributed by atoms with E-state index >= 15 is 0 Å². The quantitative estimate of drug-likeness (QED) is 0.864. The van der Waals surface area contributed by atoms with E-state index in [4.69, 9.17) is 11.6 Å². The van der Waals surface area contributed by atoms with Crippen molar-refractivity contribution < 1.29 is 18.3 Å². The lowest BCUT2D eigenvalue weighted by Crippen LogP contribution is -2.34. The Morgan fingerprint density at radius 3 is 2.70 bits per heavy atom. The van der Waals surface area contributed by atoms with Gasteiger partial charge in [-0.05, 0) is 49.3 Å². The minimum atomic E-state index is -4.14. The Balaban J connectivity index is 1.97. The second kappa shape index (κ2) is 6.35. The van der Waals surface area contributed by atoms with Crippen LogP contribution in [-0.4, -0.2) is 17.4 Å². The summed E-state index contributed by atoms with van der Waals surface area (Å²) in [6.07, 6.45) is -3.12. The Labute approximate surface area is 121 Å². The predicted molar refractivity (Wildman–Crippen MR) is 72.7 cm³/mol. The van der Waals surface area contributed by atoms with Gasteiger partial charge in [0.1, 0.15) is 0 Å². The van der Waals surface area contributed by atoms with Crippen LogP contribution in [0.1, 0.15) is 31.2 Å². The van der Waals surface area contributed by atoms with Crippen molar-refractivity contribution in [3.63, 3.8) is 0 Å². The van der Waals surface area contributed by atoms with Crippen LogP contribution in [0.2, 0.25) is 5.02 Å². The average molecular weight is 307 g/mol. The molecule has 0 spiro atoms. The Morgan fingerprint density at radius 1 is 1.30 bits per heavy atom. The molecule has 2 rings (SSSR count). The van der Waals surface area contributed by atoms with Crippen molar-refractivity contribution in [3.8, 4) is 0 Å². The van der Waals surface area contributed by atoms with E-state index in [1.807, 2.05) is 6.07 Å². The highest BCUT2D eigenvalue weighted by Crippen LogP contribution is 2.41. The highest BCUT2D eigenvalue weighted by atomic mass is 35.5. The van der Waals surface area contributed by atoms with Crippen LogP contribution in [0, 0.1) is 11.8 Å². The maximum Gasteiger partial charge on any atom is 0.391 e. The minimum absolute atomic E-state index is 0.0330. The highest BCUT2D eigenvalue weighted by Gasteiger charge is 2.43.